The van der Waals surface area contributed by atoms with Crippen molar-refractivity contribution < 1.29 is 22.8 Å². The Morgan fingerprint density at radius 3 is 2.41 bits per heavy atom. The van der Waals surface area contributed by atoms with Gasteiger partial charge in [-0.2, -0.15) is 13.2 Å². The molecule has 0 heterocycles. The lowest BCUT2D eigenvalue weighted by molar-refractivity contribution is -0.137. The number of carbonyl (C=O) groups excluding carboxylic acids is 2. The molecule has 6 heteroatoms. The van der Waals surface area contributed by atoms with Crippen LogP contribution in [0, 0.1) is 0 Å². The third-order valence-corrected chi connectivity index (χ3v) is 3.31. The van der Waals surface area contributed by atoms with Crippen molar-refractivity contribution in [2.24, 2.45) is 0 Å². The molecule has 1 aromatic carbocycles. The lowest BCUT2D eigenvalue weighted by Crippen LogP contribution is -2.09. The summed E-state index contributed by atoms with van der Waals surface area (Å²) in [5, 5.41) is 0. The van der Waals surface area contributed by atoms with Gasteiger partial charge in [0.1, 0.15) is 12.1 Å². The number of rotatable bonds is 3. The predicted molar refractivity (Wildman–Crippen MR) is 59.2 cm³/mol. The van der Waals surface area contributed by atoms with Gasteiger partial charge in [0, 0.05) is 5.56 Å². The zero-order valence-electron chi connectivity index (χ0n) is 8.72. The van der Waals surface area contributed by atoms with Crippen LogP contribution in [0.5, 0.6) is 0 Å². The maximum Gasteiger partial charge on any atom is 0.416 e. The Hall–Kier alpha value is -1.17. The fraction of sp³-hybridized carbons (Fsp3) is 0.273. The molecule has 0 amide bonds. The largest absolute Gasteiger partial charge is 0.416 e. The molecule has 0 radical (unpaired) electrons. The fourth-order valence-electron chi connectivity index (χ4n) is 1.30. The van der Waals surface area contributed by atoms with Crippen molar-refractivity contribution in [3.8, 4) is 0 Å². The Bertz CT molecular complexity index is 455. The number of carbonyl (C=O) groups is 2. The molecule has 0 N–H and O–H groups in total. The molecule has 0 aliphatic carbocycles. The quantitative estimate of drug-likeness (QED) is 0.632. The summed E-state index contributed by atoms with van der Waals surface area (Å²) in [7, 11) is 0. The van der Waals surface area contributed by atoms with Gasteiger partial charge < -0.3 is 0 Å². The van der Waals surface area contributed by atoms with Crippen molar-refractivity contribution in [3.63, 3.8) is 0 Å². The van der Waals surface area contributed by atoms with Crippen LogP contribution in [0.25, 0.3) is 0 Å². The third-order valence-electron chi connectivity index (χ3n) is 2.17. The SMILES string of the molecule is CC(=O)C(Br)c1ccc(C(F)(F)F)cc1C=O. The monoisotopic (exact) mass is 308 g/mol. The van der Waals surface area contributed by atoms with E-state index in [0.717, 1.165) is 18.2 Å². The zero-order chi connectivity index (χ0) is 13.2. The molecule has 0 aliphatic heterocycles. The van der Waals surface area contributed by atoms with Crippen molar-refractivity contribution in [2.75, 3.05) is 0 Å². The molecule has 1 rings (SSSR count). The summed E-state index contributed by atoms with van der Waals surface area (Å²) < 4.78 is 37.2. The van der Waals surface area contributed by atoms with Crippen LogP contribution in [0.15, 0.2) is 18.2 Å². The van der Waals surface area contributed by atoms with E-state index in [1.165, 1.54) is 6.92 Å². The lowest BCUT2D eigenvalue weighted by Gasteiger charge is -2.12. The minimum Gasteiger partial charge on any atom is -0.298 e. The summed E-state index contributed by atoms with van der Waals surface area (Å²) in [6.07, 6.45) is -4.20. The maximum atomic E-state index is 12.4. The number of benzene rings is 1. The molecular weight excluding hydrogens is 301 g/mol. The summed E-state index contributed by atoms with van der Waals surface area (Å²) in [5.74, 6) is -0.284. The van der Waals surface area contributed by atoms with E-state index in [1.54, 1.807) is 0 Å². The first-order valence-electron chi connectivity index (χ1n) is 4.58. The minimum absolute atomic E-state index is 0.142. The standard InChI is InChI=1S/C11H8BrF3O2/c1-6(17)10(12)9-3-2-8(11(13,14)15)4-7(9)5-16/h2-5,10H,1H3. The number of alkyl halides is 4. The maximum absolute atomic E-state index is 12.4. The first kappa shape index (κ1) is 13.9. The molecule has 1 atom stereocenters. The molecule has 2 nitrogen and oxygen atoms in total. The van der Waals surface area contributed by atoms with Gasteiger partial charge in [0.2, 0.25) is 0 Å². The molecule has 1 unspecified atom stereocenters. The Morgan fingerprint density at radius 1 is 1.41 bits per heavy atom. The number of aldehydes is 1. The van der Waals surface area contributed by atoms with Crippen LogP contribution in [-0.4, -0.2) is 12.1 Å². The summed E-state index contributed by atoms with van der Waals surface area (Å²) in [4.78, 5) is 21.1. The smallest absolute Gasteiger partial charge is 0.298 e. The number of halogens is 4. The molecule has 0 spiro atoms. The Labute approximate surface area is 104 Å². The van der Waals surface area contributed by atoms with E-state index >= 15 is 0 Å². The van der Waals surface area contributed by atoms with E-state index in [2.05, 4.69) is 15.9 Å². The van der Waals surface area contributed by atoms with E-state index in [1.807, 2.05) is 0 Å². The Morgan fingerprint density at radius 2 is 2.00 bits per heavy atom. The normalized spacial score (nSPS) is 13.2. The molecule has 17 heavy (non-hydrogen) atoms. The molecule has 0 saturated carbocycles. The van der Waals surface area contributed by atoms with Crippen LogP contribution in [0.2, 0.25) is 0 Å². The summed E-state index contributed by atoms with van der Waals surface area (Å²) in [6.45, 7) is 1.28. The highest BCUT2D eigenvalue weighted by atomic mass is 79.9. The molecule has 0 bridgehead atoms. The second-order valence-electron chi connectivity index (χ2n) is 3.43. The summed E-state index contributed by atoms with van der Waals surface area (Å²) >= 11 is 3.03. The Kier molecular flexibility index (Phi) is 4.08. The number of hydrogen-bond donors (Lipinski definition) is 0. The van der Waals surface area contributed by atoms with Crippen molar-refractivity contribution >= 4 is 28.0 Å². The van der Waals surface area contributed by atoms with E-state index in [0.29, 0.717) is 6.29 Å². The van der Waals surface area contributed by atoms with Crippen LogP contribution in [0.1, 0.15) is 33.2 Å². The van der Waals surface area contributed by atoms with E-state index in [4.69, 9.17) is 0 Å². The minimum atomic E-state index is -4.51. The average molecular weight is 309 g/mol. The highest BCUT2D eigenvalue weighted by molar-refractivity contribution is 9.09. The van der Waals surface area contributed by atoms with Crippen molar-refractivity contribution in [3.05, 3.63) is 34.9 Å². The van der Waals surface area contributed by atoms with Crippen LogP contribution in [0.3, 0.4) is 0 Å². The summed E-state index contributed by atoms with van der Waals surface area (Å²) in [5.41, 5.74) is -0.816. The van der Waals surface area contributed by atoms with Gasteiger partial charge in [0.05, 0.1) is 10.4 Å². The second-order valence-corrected chi connectivity index (χ2v) is 4.35. The number of Topliss-reactive ketones (excluding diaryl/α,β-unsaturated/α-hetero) is 1. The highest BCUT2D eigenvalue weighted by Gasteiger charge is 2.31. The summed E-state index contributed by atoms with van der Waals surface area (Å²) in [6, 6.07) is 2.71. The van der Waals surface area contributed by atoms with Gasteiger partial charge in [0.25, 0.3) is 0 Å². The van der Waals surface area contributed by atoms with Gasteiger partial charge >= 0.3 is 6.18 Å². The lowest BCUT2D eigenvalue weighted by atomic mass is 10.0. The van der Waals surface area contributed by atoms with Gasteiger partial charge in [-0.1, -0.05) is 22.0 Å². The van der Waals surface area contributed by atoms with Crippen LogP contribution in [-0.2, 0) is 11.0 Å². The Balaban J connectivity index is 3.28. The van der Waals surface area contributed by atoms with E-state index in [9.17, 15) is 22.8 Å². The zero-order valence-corrected chi connectivity index (χ0v) is 10.3. The van der Waals surface area contributed by atoms with Crippen LogP contribution in [0.4, 0.5) is 13.2 Å². The van der Waals surface area contributed by atoms with Crippen LogP contribution >= 0.6 is 15.9 Å². The van der Waals surface area contributed by atoms with Gasteiger partial charge in [-0.15, -0.1) is 0 Å². The topological polar surface area (TPSA) is 34.1 Å². The van der Waals surface area contributed by atoms with Crippen molar-refractivity contribution in [1.29, 1.82) is 0 Å². The first-order valence-corrected chi connectivity index (χ1v) is 5.49. The van der Waals surface area contributed by atoms with Gasteiger partial charge in [0.15, 0.2) is 0 Å². The number of ketones is 1. The average Bonchev–Trinajstić information content (AvgIpc) is 2.25. The van der Waals surface area contributed by atoms with Crippen molar-refractivity contribution in [2.45, 2.75) is 17.9 Å². The van der Waals surface area contributed by atoms with Gasteiger partial charge in [-0.25, -0.2) is 0 Å². The molecule has 0 aromatic heterocycles. The van der Waals surface area contributed by atoms with Crippen LogP contribution < -0.4 is 0 Å². The second kappa shape index (κ2) is 5.00. The first-order chi connectivity index (χ1) is 7.77. The fourth-order valence-corrected chi connectivity index (χ4v) is 1.72. The molecule has 0 aliphatic rings. The predicted octanol–water partition coefficient (Wildman–Crippen LogP) is 3.54. The van der Waals surface area contributed by atoms with Gasteiger partial charge in [-0.3, -0.25) is 9.59 Å². The van der Waals surface area contributed by atoms with Crippen molar-refractivity contribution in [1.82, 2.24) is 0 Å². The molecule has 92 valence electrons. The number of hydrogen-bond acceptors (Lipinski definition) is 2. The molecular formula is C11H8BrF3O2. The molecule has 0 fully saturated rings. The van der Waals surface area contributed by atoms with E-state index < -0.39 is 16.6 Å². The third kappa shape index (κ3) is 3.15. The molecule has 0 saturated heterocycles. The molecule has 1 aromatic rings. The highest BCUT2D eigenvalue weighted by Crippen LogP contribution is 2.33. The van der Waals surface area contributed by atoms with Gasteiger partial charge in [-0.05, 0) is 24.6 Å². The van der Waals surface area contributed by atoms with E-state index in [-0.39, 0.29) is 16.9 Å².